The van der Waals surface area contributed by atoms with E-state index < -0.39 is 0 Å². The van der Waals surface area contributed by atoms with Crippen LogP contribution in [0.4, 0.5) is 0 Å². The third-order valence-corrected chi connectivity index (χ3v) is 5.17. The summed E-state index contributed by atoms with van der Waals surface area (Å²) in [4.78, 5) is 5.88. The molecular weight excluding hydrogens is 264 g/mol. The molecule has 2 aromatic rings. The normalized spacial score (nSPS) is 21.9. The third-order valence-electron chi connectivity index (χ3n) is 3.75. The zero-order valence-corrected chi connectivity index (χ0v) is 13.2. The number of aromatic nitrogens is 1. The van der Waals surface area contributed by atoms with E-state index >= 15 is 0 Å². The number of nitrogens with zero attached hydrogens (tertiary/aromatic N) is 1. The monoisotopic (exact) mass is 286 g/mol. The first kappa shape index (κ1) is 13.8. The van der Waals surface area contributed by atoms with Crippen LogP contribution >= 0.6 is 11.3 Å². The summed E-state index contributed by atoms with van der Waals surface area (Å²) in [6.45, 7) is 7.60. The molecule has 1 aliphatic rings. The fourth-order valence-electron chi connectivity index (χ4n) is 2.46. The molecule has 0 amide bonds. The van der Waals surface area contributed by atoms with Crippen molar-refractivity contribution < 1.29 is 0 Å². The zero-order chi connectivity index (χ0) is 14.2. The molecule has 0 radical (unpaired) electrons. The van der Waals surface area contributed by atoms with Crippen LogP contribution < -0.4 is 5.32 Å². The van der Waals surface area contributed by atoms with Crippen molar-refractivity contribution in [1.82, 2.24) is 10.3 Å². The van der Waals surface area contributed by atoms with Crippen molar-refractivity contribution >= 4 is 11.3 Å². The summed E-state index contributed by atoms with van der Waals surface area (Å²) >= 11 is 1.83. The summed E-state index contributed by atoms with van der Waals surface area (Å²) < 4.78 is 0. The minimum Gasteiger partial charge on any atom is -0.308 e. The lowest BCUT2D eigenvalue weighted by Crippen LogP contribution is -2.16. The van der Waals surface area contributed by atoms with Crippen LogP contribution in [-0.2, 0) is 12.0 Å². The molecule has 1 aromatic heterocycles. The summed E-state index contributed by atoms with van der Waals surface area (Å²) in [5.74, 6) is 0.700. The summed E-state index contributed by atoms with van der Waals surface area (Å²) in [7, 11) is 0. The molecule has 2 nitrogen and oxygen atoms in total. The van der Waals surface area contributed by atoms with Crippen LogP contribution in [0.25, 0.3) is 0 Å². The highest BCUT2D eigenvalue weighted by molar-refractivity contribution is 7.11. The molecule has 1 aliphatic carbocycles. The van der Waals surface area contributed by atoms with Crippen molar-refractivity contribution in [3.05, 3.63) is 52.0 Å². The first-order valence-electron chi connectivity index (χ1n) is 7.27. The van der Waals surface area contributed by atoms with Gasteiger partial charge in [0.05, 0.1) is 5.01 Å². The van der Waals surface area contributed by atoms with Gasteiger partial charge >= 0.3 is 0 Å². The largest absolute Gasteiger partial charge is 0.308 e. The molecule has 2 unspecified atom stereocenters. The van der Waals surface area contributed by atoms with Crippen LogP contribution in [0.5, 0.6) is 0 Å². The SMILES string of the molecule is CC(C)(C)c1ncc(CNC2CC2c2ccccc2)s1. The number of benzene rings is 1. The summed E-state index contributed by atoms with van der Waals surface area (Å²) in [5, 5.41) is 4.88. The molecule has 0 spiro atoms. The standard InChI is InChI=1S/C17H22N2S/c1-17(2,3)16-19-11-13(20-16)10-18-15-9-14(15)12-7-5-4-6-8-12/h4-8,11,14-15,18H,9-10H2,1-3H3. The second-order valence-electron chi connectivity index (χ2n) is 6.62. The van der Waals surface area contributed by atoms with Crippen LogP contribution in [0.1, 0.15) is 48.6 Å². The molecule has 3 rings (SSSR count). The van der Waals surface area contributed by atoms with E-state index in [4.69, 9.17) is 0 Å². The Kier molecular flexibility index (Phi) is 3.65. The number of nitrogens with one attached hydrogen (secondary N) is 1. The lowest BCUT2D eigenvalue weighted by atomic mass is 9.98. The predicted molar refractivity (Wildman–Crippen MR) is 85.2 cm³/mol. The maximum atomic E-state index is 4.54. The molecular formula is C17H22N2S. The summed E-state index contributed by atoms with van der Waals surface area (Å²) in [6.07, 6.45) is 3.28. The van der Waals surface area contributed by atoms with Crippen molar-refractivity contribution in [2.24, 2.45) is 0 Å². The van der Waals surface area contributed by atoms with Gasteiger partial charge in [0.2, 0.25) is 0 Å². The lowest BCUT2D eigenvalue weighted by Gasteiger charge is -2.13. The fourth-order valence-corrected chi connectivity index (χ4v) is 3.38. The van der Waals surface area contributed by atoms with Gasteiger partial charge < -0.3 is 5.32 Å². The highest BCUT2D eigenvalue weighted by Gasteiger charge is 2.37. The molecule has 1 saturated carbocycles. The Bertz CT molecular complexity index is 568. The van der Waals surface area contributed by atoms with E-state index in [0.717, 1.165) is 6.54 Å². The molecule has 1 heterocycles. The number of thiazole rings is 1. The van der Waals surface area contributed by atoms with Crippen molar-refractivity contribution in [3.8, 4) is 0 Å². The molecule has 106 valence electrons. The molecule has 20 heavy (non-hydrogen) atoms. The summed E-state index contributed by atoms with van der Waals surface area (Å²) in [6, 6.07) is 11.4. The van der Waals surface area contributed by atoms with Crippen LogP contribution in [0.3, 0.4) is 0 Å². The van der Waals surface area contributed by atoms with Gasteiger partial charge in [-0.05, 0) is 12.0 Å². The quantitative estimate of drug-likeness (QED) is 0.916. The molecule has 0 bridgehead atoms. The molecule has 1 N–H and O–H groups in total. The Morgan fingerprint density at radius 3 is 2.65 bits per heavy atom. The third kappa shape index (κ3) is 3.10. The molecule has 0 aliphatic heterocycles. The molecule has 2 atom stereocenters. The number of hydrogen-bond donors (Lipinski definition) is 1. The average molecular weight is 286 g/mol. The van der Waals surface area contributed by atoms with E-state index in [1.165, 1.54) is 21.9 Å². The predicted octanol–water partition coefficient (Wildman–Crippen LogP) is 4.09. The van der Waals surface area contributed by atoms with Crippen molar-refractivity contribution in [1.29, 1.82) is 0 Å². The van der Waals surface area contributed by atoms with Gasteiger partial charge in [-0.15, -0.1) is 11.3 Å². The van der Waals surface area contributed by atoms with Crippen LogP contribution in [0.2, 0.25) is 0 Å². The first-order chi connectivity index (χ1) is 9.54. The Morgan fingerprint density at radius 2 is 2.00 bits per heavy atom. The van der Waals surface area contributed by atoms with Gasteiger partial charge in [-0.25, -0.2) is 4.98 Å². The van der Waals surface area contributed by atoms with Crippen LogP contribution in [0, 0.1) is 0 Å². The molecule has 1 aromatic carbocycles. The van der Waals surface area contributed by atoms with E-state index in [-0.39, 0.29) is 5.41 Å². The second kappa shape index (κ2) is 5.30. The topological polar surface area (TPSA) is 24.9 Å². The molecule has 0 saturated heterocycles. The van der Waals surface area contributed by atoms with E-state index in [2.05, 4.69) is 61.4 Å². The average Bonchev–Trinajstić information content (AvgIpc) is 3.03. The van der Waals surface area contributed by atoms with E-state index in [0.29, 0.717) is 12.0 Å². The minimum absolute atomic E-state index is 0.162. The number of hydrogen-bond acceptors (Lipinski definition) is 3. The summed E-state index contributed by atoms with van der Waals surface area (Å²) in [5.41, 5.74) is 1.62. The van der Waals surface area contributed by atoms with Gasteiger partial charge in [-0.2, -0.15) is 0 Å². The Hall–Kier alpha value is -1.19. The maximum Gasteiger partial charge on any atom is 0.0981 e. The number of rotatable bonds is 4. The lowest BCUT2D eigenvalue weighted by molar-refractivity contribution is 0.585. The van der Waals surface area contributed by atoms with E-state index in [9.17, 15) is 0 Å². The molecule has 3 heteroatoms. The fraction of sp³-hybridized carbons (Fsp3) is 0.471. The van der Waals surface area contributed by atoms with Crippen LogP contribution in [-0.4, -0.2) is 11.0 Å². The Labute approximate surface area is 125 Å². The van der Waals surface area contributed by atoms with E-state index in [1.807, 2.05) is 17.5 Å². The van der Waals surface area contributed by atoms with Gasteiger partial charge in [0.15, 0.2) is 0 Å². The Balaban J connectivity index is 1.53. The van der Waals surface area contributed by atoms with Crippen molar-refractivity contribution in [2.75, 3.05) is 0 Å². The van der Waals surface area contributed by atoms with Gasteiger partial charge in [0.25, 0.3) is 0 Å². The smallest absolute Gasteiger partial charge is 0.0981 e. The maximum absolute atomic E-state index is 4.54. The highest BCUT2D eigenvalue weighted by atomic mass is 32.1. The van der Waals surface area contributed by atoms with E-state index in [1.54, 1.807) is 0 Å². The van der Waals surface area contributed by atoms with Crippen molar-refractivity contribution in [2.45, 2.75) is 51.1 Å². The zero-order valence-electron chi connectivity index (χ0n) is 12.4. The van der Waals surface area contributed by atoms with Gasteiger partial charge in [0.1, 0.15) is 0 Å². The highest BCUT2D eigenvalue weighted by Crippen LogP contribution is 2.40. The Morgan fingerprint density at radius 1 is 1.25 bits per heavy atom. The van der Waals surface area contributed by atoms with Crippen LogP contribution in [0.15, 0.2) is 36.5 Å². The first-order valence-corrected chi connectivity index (χ1v) is 8.09. The van der Waals surface area contributed by atoms with Gasteiger partial charge in [0, 0.05) is 35.0 Å². The van der Waals surface area contributed by atoms with Gasteiger partial charge in [-0.1, -0.05) is 51.1 Å². The van der Waals surface area contributed by atoms with Crippen molar-refractivity contribution in [3.63, 3.8) is 0 Å². The minimum atomic E-state index is 0.162. The molecule has 1 fully saturated rings. The van der Waals surface area contributed by atoms with Gasteiger partial charge in [-0.3, -0.25) is 0 Å². The second-order valence-corrected chi connectivity index (χ2v) is 7.74.